The van der Waals surface area contributed by atoms with E-state index in [9.17, 15) is 34.4 Å². The van der Waals surface area contributed by atoms with Crippen LogP contribution in [0.4, 0.5) is 23.2 Å². The van der Waals surface area contributed by atoms with Gasteiger partial charge < -0.3 is 4.74 Å². The first-order chi connectivity index (χ1) is 19.6. The molecule has 0 saturated heterocycles. The van der Waals surface area contributed by atoms with Gasteiger partial charge in [-0.3, -0.25) is 8.49 Å². The predicted molar refractivity (Wildman–Crippen MR) is 152 cm³/mol. The van der Waals surface area contributed by atoms with Crippen molar-refractivity contribution in [1.82, 2.24) is 0 Å². The van der Waals surface area contributed by atoms with E-state index in [2.05, 4.69) is 0 Å². The summed E-state index contributed by atoms with van der Waals surface area (Å²) in [6.45, 7) is 1.20. The average molecular weight is 648 g/mol. The first kappa shape index (κ1) is 31.8. The molecule has 14 heteroatoms. The number of hydrogen-bond donors (Lipinski definition) is 0. The van der Waals surface area contributed by atoms with Crippen molar-refractivity contribution >= 4 is 49.1 Å². The molecule has 1 atom stereocenters. The molecule has 1 aliphatic heterocycles. The van der Waals surface area contributed by atoms with Gasteiger partial charge in [-0.05, 0) is 73.4 Å². The van der Waals surface area contributed by atoms with E-state index in [-0.39, 0.29) is 48.0 Å². The number of halogens is 5. The van der Waals surface area contributed by atoms with Gasteiger partial charge in [0.2, 0.25) is 0 Å². The number of anilines is 1. The molecule has 42 heavy (non-hydrogen) atoms. The lowest BCUT2D eigenvalue weighted by Gasteiger charge is -2.36. The third-order valence-corrected chi connectivity index (χ3v) is 9.06. The van der Waals surface area contributed by atoms with Crippen molar-refractivity contribution < 1.29 is 43.3 Å². The van der Waals surface area contributed by atoms with E-state index in [0.717, 1.165) is 28.8 Å². The highest BCUT2D eigenvalue weighted by atomic mass is 35.5. The molecule has 3 aromatic carbocycles. The minimum absolute atomic E-state index is 0.0669. The zero-order valence-electron chi connectivity index (χ0n) is 22.4. The molecule has 226 valence electrons. The molecule has 0 fully saturated rings. The molecule has 0 bridgehead atoms. The number of fused-ring (bicyclic) bond motifs is 1. The second-order valence-corrected chi connectivity index (χ2v) is 13.5. The van der Waals surface area contributed by atoms with E-state index in [1.807, 2.05) is 0 Å². The Hall–Kier alpha value is -3.13. The Morgan fingerprint density at radius 1 is 1.10 bits per heavy atom. The van der Waals surface area contributed by atoms with Gasteiger partial charge in [0.1, 0.15) is 17.7 Å². The molecule has 1 heterocycles. The van der Waals surface area contributed by atoms with Crippen LogP contribution < -0.4 is 9.04 Å². The lowest BCUT2D eigenvalue weighted by molar-refractivity contribution is -0.137. The van der Waals surface area contributed by atoms with Crippen molar-refractivity contribution in [3.63, 3.8) is 0 Å². The summed E-state index contributed by atoms with van der Waals surface area (Å²) in [5.74, 6) is -0.404. The highest BCUT2D eigenvalue weighted by molar-refractivity contribution is 7.92. The van der Waals surface area contributed by atoms with Crippen molar-refractivity contribution in [2.24, 2.45) is 0 Å². The summed E-state index contributed by atoms with van der Waals surface area (Å²) in [7, 11) is -8.21. The van der Waals surface area contributed by atoms with Gasteiger partial charge >= 0.3 is 6.18 Å². The monoisotopic (exact) mass is 647 g/mol. The zero-order chi connectivity index (χ0) is 30.9. The maximum atomic E-state index is 14.5. The average Bonchev–Trinajstić information content (AvgIpc) is 2.89. The lowest BCUT2D eigenvalue weighted by atomic mass is 10.0. The molecule has 1 aliphatic rings. The second kappa shape index (κ2) is 12.2. The van der Waals surface area contributed by atoms with Crippen molar-refractivity contribution in [3.05, 3.63) is 88.2 Å². The fourth-order valence-corrected chi connectivity index (χ4v) is 6.75. The maximum Gasteiger partial charge on any atom is 0.416 e. The normalized spacial score (nSPS) is 16.2. The van der Waals surface area contributed by atoms with Crippen LogP contribution in [0.25, 0.3) is 11.6 Å². The summed E-state index contributed by atoms with van der Waals surface area (Å²) < 4.78 is 117. The molecule has 0 radical (unpaired) electrons. The summed E-state index contributed by atoms with van der Waals surface area (Å²) in [4.78, 5) is -0.570. The molecule has 7 nitrogen and oxygen atoms in total. The van der Waals surface area contributed by atoms with Gasteiger partial charge in [0.25, 0.3) is 20.1 Å². The van der Waals surface area contributed by atoms with Crippen LogP contribution in [0.5, 0.6) is 5.75 Å². The molecule has 0 saturated carbocycles. The zero-order valence-corrected chi connectivity index (χ0v) is 24.7. The van der Waals surface area contributed by atoms with Crippen LogP contribution in [0.15, 0.2) is 65.6 Å². The van der Waals surface area contributed by atoms with E-state index in [1.165, 1.54) is 30.3 Å². The SMILES string of the molecule is CC(=Cc1ccc2c(c1)N(S(=O)(=O)c1cccc(C(F)(F)F)c1)CC(CCCOS(C)(=O)=O)O2)c1c(F)cccc1Cl. The Morgan fingerprint density at radius 2 is 1.81 bits per heavy atom. The number of sulfonamides is 1. The summed E-state index contributed by atoms with van der Waals surface area (Å²) in [5, 5.41) is 0.182. The van der Waals surface area contributed by atoms with E-state index in [1.54, 1.807) is 19.1 Å². The number of hydrogen-bond acceptors (Lipinski definition) is 6. The van der Waals surface area contributed by atoms with E-state index in [4.69, 9.17) is 20.5 Å². The fraction of sp³-hybridized carbons (Fsp3) is 0.286. The molecule has 0 amide bonds. The van der Waals surface area contributed by atoms with E-state index in [0.29, 0.717) is 17.2 Å². The smallest absolute Gasteiger partial charge is 0.416 e. The molecular weight excluding hydrogens is 622 g/mol. The summed E-state index contributed by atoms with van der Waals surface area (Å²) in [6, 6.07) is 12.3. The van der Waals surface area contributed by atoms with Crippen LogP contribution in [-0.4, -0.2) is 42.3 Å². The van der Waals surface area contributed by atoms with Gasteiger partial charge in [0.05, 0.1) is 40.6 Å². The van der Waals surface area contributed by atoms with Gasteiger partial charge in [0.15, 0.2) is 0 Å². The van der Waals surface area contributed by atoms with Crippen LogP contribution in [0.2, 0.25) is 5.02 Å². The summed E-state index contributed by atoms with van der Waals surface area (Å²) in [6.07, 6.45) is -2.64. The Kier molecular flexibility index (Phi) is 9.26. The van der Waals surface area contributed by atoms with Gasteiger partial charge in [-0.25, -0.2) is 12.8 Å². The maximum absolute atomic E-state index is 14.5. The number of rotatable bonds is 9. The van der Waals surface area contributed by atoms with Crippen molar-refractivity contribution in [1.29, 1.82) is 0 Å². The number of benzene rings is 3. The molecular formula is C28H26ClF4NO6S2. The molecule has 0 N–H and O–H groups in total. The van der Waals surface area contributed by atoms with Crippen molar-refractivity contribution in [3.8, 4) is 5.75 Å². The molecule has 1 unspecified atom stereocenters. The standard InChI is InChI=1S/C28H26ClF4NO6S2/c1-18(27-23(29)9-4-10-24(27)30)14-19-11-12-26-25(15-19)34(17-21(40-26)7-5-13-39-41(2,35)36)42(37,38)22-8-3-6-20(16-22)28(31,32)33/h3-4,6,8-12,14-16,21H,5,7,13,17H2,1-2H3. The van der Waals surface area contributed by atoms with Crippen LogP contribution in [-0.2, 0) is 30.5 Å². The van der Waals surface area contributed by atoms with Crippen LogP contribution in [0.3, 0.4) is 0 Å². The van der Waals surface area contributed by atoms with Crippen LogP contribution >= 0.6 is 11.6 Å². The highest BCUT2D eigenvalue weighted by Crippen LogP contribution is 2.40. The minimum Gasteiger partial charge on any atom is -0.486 e. The Morgan fingerprint density at radius 3 is 2.48 bits per heavy atom. The summed E-state index contributed by atoms with van der Waals surface area (Å²) in [5.41, 5.74) is 0.0139. The second-order valence-electron chi connectivity index (χ2n) is 9.62. The molecule has 3 aromatic rings. The minimum atomic E-state index is -4.76. The third kappa shape index (κ3) is 7.44. The molecule has 4 rings (SSSR count). The third-order valence-electron chi connectivity index (χ3n) is 6.37. The fourth-order valence-electron chi connectivity index (χ4n) is 4.47. The highest BCUT2D eigenvalue weighted by Gasteiger charge is 2.37. The van der Waals surface area contributed by atoms with Gasteiger partial charge in [0, 0.05) is 5.56 Å². The van der Waals surface area contributed by atoms with E-state index < -0.39 is 48.7 Å². The van der Waals surface area contributed by atoms with E-state index >= 15 is 0 Å². The molecule has 0 aliphatic carbocycles. The number of allylic oxidation sites excluding steroid dienone is 1. The Labute approximate surface area is 246 Å². The summed E-state index contributed by atoms with van der Waals surface area (Å²) >= 11 is 6.18. The molecule has 0 spiro atoms. The van der Waals surface area contributed by atoms with Gasteiger partial charge in [-0.1, -0.05) is 35.9 Å². The van der Waals surface area contributed by atoms with Gasteiger partial charge in [-0.2, -0.15) is 21.6 Å². The van der Waals surface area contributed by atoms with Crippen molar-refractivity contribution in [2.45, 2.75) is 36.9 Å². The Balaban J connectivity index is 1.74. The first-order valence-corrected chi connectivity index (χ1v) is 16.2. The van der Waals surface area contributed by atoms with Crippen molar-refractivity contribution in [2.75, 3.05) is 23.7 Å². The van der Waals surface area contributed by atoms with Crippen LogP contribution in [0, 0.1) is 5.82 Å². The number of nitrogens with zero attached hydrogens (tertiary/aromatic N) is 1. The Bertz CT molecular complexity index is 1710. The quantitative estimate of drug-likeness (QED) is 0.110. The van der Waals surface area contributed by atoms with Gasteiger partial charge in [-0.15, -0.1) is 0 Å². The first-order valence-electron chi connectivity index (χ1n) is 12.5. The number of ether oxygens (including phenoxy) is 1. The largest absolute Gasteiger partial charge is 0.486 e. The lowest BCUT2D eigenvalue weighted by Crippen LogP contribution is -2.43. The topological polar surface area (TPSA) is 90.0 Å². The predicted octanol–water partition coefficient (Wildman–Crippen LogP) is 6.77. The molecule has 0 aromatic heterocycles. The number of alkyl halides is 3. The van der Waals surface area contributed by atoms with Crippen LogP contribution in [0.1, 0.15) is 36.5 Å².